The van der Waals surface area contributed by atoms with E-state index in [-0.39, 0.29) is 6.04 Å². The predicted molar refractivity (Wildman–Crippen MR) is 53.2 cm³/mol. The van der Waals surface area contributed by atoms with Gasteiger partial charge < -0.3 is 10.3 Å². The van der Waals surface area contributed by atoms with Crippen molar-refractivity contribution in [3.8, 4) is 0 Å². The summed E-state index contributed by atoms with van der Waals surface area (Å²) < 4.78 is 2.11. The smallest absolute Gasteiger partial charge is 0.0948 e. The molecule has 0 spiro atoms. The van der Waals surface area contributed by atoms with Crippen LogP contribution in [0.15, 0.2) is 12.5 Å². The summed E-state index contributed by atoms with van der Waals surface area (Å²) in [5.74, 6) is 1.11. The number of aryl methyl sites for hydroxylation is 1. The Morgan fingerprint density at radius 1 is 1.75 bits per heavy atom. The second kappa shape index (κ2) is 4.52. The minimum atomic E-state index is 0.0781. The average Bonchev–Trinajstić information content (AvgIpc) is 2.48. The van der Waals surface area contributed by atoms with Crippen LogP contribution < -0.4 is 5.73 Å². The monoisotopic (exact) mass is 185 g/mol. The first-order valence-corrected chi connectivity index (χ1v) is 5.39. The lowest BCUT2D eigenvalue weighted by Crippen LogP contribution is -2.12. The highest BCUT2D eigenvalue weighted by atomic mass is 32.2. The topological polar surface area (TPSA) is 43.8 Å². The molecule has 0 aliphatic rings. The number of imidazole rings is 1. The van der Waals surface area contributed by atoms with Crippen molar-refractivity contribution in [2.75, 3.05) is 12.0 Å². The number of rotatable bonds is 4. The molecule has 1 aromatic heterocycles. The van der Waals surface area contributed by atoms with Crippen molar-refractivity contribution in [2.45, 2.75) is 19.5 Å². The molecule has 0 radical (unpaired) electrons. The van der Waals surface area contributed by atoms with Gasteiger partial charge in [-0.25, -0.2) is 4.98 Å². The van der Waals surface area contributed by atoms with Crippen molar-refractivity contribution in [1.29, 1.82) is 0 Å². The lowest BCUT2D eigenvalue weighted by atomic mass is 10.3. The molecule has 0 unspecified atom stereocenters. The molecule has 2 N–H and O–H groups in total. The summed E-state index contributed by atoms with van der Waals surface area (Å²) in [5, 5.41) is 0. The molecule has 0 saturated carbocycles. The molecular formula is C8H15N3S. The van der Waals surface area contributed by atoms with Crippen molar-refractivity contribution in [3.05, 3.63) is 18.2 Å². The summed E-state index contributed by atoms with van der Waals surface area (Å²) in [4.78, 5) is 4.07. The first-order chi connectivity index (χ1) is 5.75. The third-order valence-electron chi connectivity index (χ3n) is 1.75. The highest BCUT2D eigenvalue weighted by Crippen LogP contribution is 2.09. The van der Waals surface area contributed by atoms with Crippen molar-refractivity contribution < 1.29 is 0 Å². The number of thioether (sulfide) groups is 1. The van der Waals surface area contributed by atoms with Crippen molar-refractivity contribution in [2.24, 2.45) is 5.73 Å². The molecule has 1 heterocycles. The van der Waals surface area contributed by atoms with Crippen LogP contribution in [0.5, 0.6) is 0 Å². The minimum absolute atomic E-state index is 0.0781. The van der Waals surface area contributed by atoms with Crippen molar-refractivity contribution in [1.82, 2.24) is 9.55 Å². The molecule has 0 amide bonds. The van der Waals surface area contributed by atoms with Gasteiger partial charge in [0.1, 0.15) is 0 Å². The van der Waals surface area contributed by atoms with Crippen LogP contribution in [0.4, 0.5) is 0 Å². The summed E-state index contributed by atoms with van der Waals surface area (Å²) in [6.45, 7) is 2.98. The van der Waals surface area contributed by atoms with Crippen molar-refractivity contribution >= 4 is 11.8 Å². The fourth-order valence-corrected chi connectivity index (χ4v) is 1.47. The maximum atomic E-state index is 5.76. The highest BCUT2D eigenvalue weighted by molar-refractivity contribution is 7.98. The predicted octanol–water partition coefficient (Wildman–Crippen LogP) is 1.27. The zero-order valence-electron chi connectivity index (χ0n) is 7.53. The van der Waals surface area contributed by atoms with Gasteiger partial charge in [-0.3, -0.25) is 0 Å². The number of hydrogen-bond donors (Lipinski definition) is 1. The largest absolute Gasteiger partial charge is 0.332 e. The Hall–Kier alpha value is -0.480. The van der Waals surface area contributed by atoms with Gasteiger partial charge in [-0.15, -0.1) is 0 Å². The molecule has 3 nitrogen and oxygen atoms in total. The highest BCUT2D eigenvalue weighted by Gasteiger charge is 2.04. The fourth-order valence-electron chi connectivity index (χ4n) is 1.09. The fraction of sp³-hybridized carbons (Fsp3) is 0.625. The van der Waals surface area contributed by atoms with Gasteiger partial charge in [-0.2, -0.15) is 11.8 Å². The van der Waals surface area contributed by atoms with Gasteiger partial charge in [0.05, 0.1) is 12.0 Å². The number of aromatic nitrogens is 2. The molecule has 0 aliphatic heterocycles. The maximum Gasteiger partial charge on any atom is 0.0948 e. The second-order valence-corrected chi connectivity index (χ2v) is 3.78. The van der Waals surface area contributed by atoms with Crippen LogP contribution in [0.2, 0.25) is 0 Å². The normalized spacial score (nSPS) is 13.2. The number of nitrogens with zero attached hydrogens (tertiary/aromatic N) is 2. The van der Waals surface area contributed by atoms with Crippen LogP contribution in [-0.4, -0.2) is 21.6 Å². The summed E-state index contributed by atoms with van der Waals surface area (Å²) in [5.41, 5.74) is 6.88. The Kier molecular flexibility index (Phi) is 3.62. The molecular weight excluding hydrogens is 170 g/mol. The van der Waals surface area contributed by atoms with E-state index in [1.54, 1.807) is 0 Å². The van der Waals surface area contributed by atoms with Crippen LogP contribution in [0, 0.1) is 0 Å². The van der Waals surface area contributed by atoms with E-state index in [1.165, 1.54) is 0 Å². The van der Waals surface area contributed by atoms with E-state index in [2.05, 4.69) is 15.8 Å². The van der Waals surface area contributed by atoms with Crippen LogP contribution in [0.3, 0.4) is 0 Å². The van der Waals surface area contributed by atoms with Crippen molar-refractivity contribution in [3.63, 3.8) is 0 Å². The molecule has 68 valence electrons. The molecule has 4 heteroatoms. The average molecular weight is 185 g/mol. The summed E-state index contributed by atoms with van der Waals surface area (Å²) >= 11 is 1.83. The summed E-state index contributed by atoms with van der Waals surface area (Å²) in [6, 6.07) is 0.0781. The van der Waals surface area contributed by atoms with Gasteiger partial charge in [0.15, 0.2) is 0 Å². The van der Waals surface area contributed by atoms with E-state index >= 15 is 0 Å². The Balaban J connectivity index is 2.64. The second-order valence-electron chi connectivity index (χ2n) is 2.79. The Bertz CT molecular complexity index is 232. The molecule has 0 fully saturated rings. The van der Waals surface area contributed by atoms with E-state index in [1.807, 2.05) is 31.2 Å². The maximum absolute atomic E-state index is 5.76. The lowest BCUT2D eigenvalue weighted by molar-refractivity contribution is 0.662. The Labute approximate surface area is 77.4 Å². The molecule has 12 heavy (non-hydrogen) atoms. The standard InChI is InChI=1S/C8H15N3S/c1-7(9)8-5-10-6-11(8)3-4-12-2/h5-7H,3-4,9H2,1-2H3/t7-/m0/s1. The molecule has 1 atom stereocenters. The first kappa shape index (κ1) is 9.61. The third-order valence-corrected chi connectivity index (χ3v) is 2.34. The van der Waals surface area contributed by atoms with Gasteiger partial charge in [0, 0.05) is 24.5 Å². The SMILES string of the molecule is CSCCn1cncc1[C@H](C)N. The molecule has 1 rings (SSSR count). The molecule has 0 saturated heterocycles. The number of nitrogens with two attached hydrogens (primary N) is 1. The van der Waals surface area contributed by atoms with Crippen LogP contribution in [0.1, 0.15) is 18.7 Å². The quantitative estimate of drug-likeness (QED) is 0.768. The van der Waals surface area contributed by atoms with Gasteiger partial charge in [0.2, 0.25) is 0 Å². The third kappa shape index (κ3) is 2.25. The zero-order valence-corrected chi connectivity index (χ0v) is 8.34. The van der Waals surface area contributed by atoms with E-state index < -0.39 is 0 Å². The van der Waals surface area contributed by atoms with E-state index in [0.29, 0.717) is 0 Å². The Morgan fingerprint density at radius 2 is 2.50 bits per heavy atom. The molecule has 1 aromatic rings. The Morgan fingerprint density at radius 3 is 3.08 bits per heavy atom. The summed E-state index contributed by atoms with van der Waals surface area (Å²) in [6.07, 6.45) is 5.78. The van der Waals surface area contributed by atoms with Crippen LogP contribution >= 0.6 is 11.8 Å². The number of hydrogen-bond acceptors (Lipinski definition) is 3. The van der Waals surface area contributed by atoms with Gasteiger partial charge >= 0.3 is 0 Å². The van der Waals surface area contributed by atoms with E-state index in [0.717, 1.165) is 18.0 Å². The van der Waals surface area contributed by atoms with Crippen LogP contribution in [0.25, 0.3) is 0 Å². The lowest BCUT2D eigenvalue weighted by Gasteiger charge is -2.09. The van der Waals surface area contributed by atoms with Gasteiger partial charge in [0.25, 0.3) is 0 Å². The molecule has 0 bridgehead atoms. The minimum Gasteiger partial charge on any atom is -0.332 e. The zero-order chi connectivity index (χ0) is 8.97. The van der Waals surface area contributed by atoms with Crippen LogP contribution in [-0.2, 0) is 6.54 Å². The molecule has 0 aromatic carbocycles. The summed E-state index contributed by atoms with van der Waals surface area (Å²) in [7, 11) is 0. The molecule has 0 aliphatic carbocycles. The first-order valence-electron chi connectivity index (χ1n) is 4.00. The van der Waals surface area contributed by atoms with E-state index in [4.69, 9.17) is 5.73 Å². The van der Waals surface area contributed by atoms with Gasteiger partial charge in [-0.1, -0.05) is 0 Å². The van der Waals surface area contributed by atoms with Gasteiger partial charge in [-0.05, 0) is 13.2 Å². The van der Waals surface area contributed by atoms with E-state index in [9.17, 15) is 0 Å².